The summed E-state index contributed by atoms with van der Waals surface area (Å²) in [6.07, 6.45) is 3.09. The molecule has 4 heteroatoms. The number of hydrogen-bond acceptors (Lipinski definition) is 3. The lowest BCUT2D eigenvalue weighted by Gasteiger charge is -2.36. The van der Waals surface area contributed by atoms with E-state index in [1.807, 2.05) is 6.07 Å². The number of rotatable bonds is 2. The molecule has 1 fully saturated rings. The molecular weight excluding hydrogens is 262 g/mol. The fourth-order valence-corrected chi connectivity index (χ4v) is 3.44. The largest absolute Gasteiger partial charge is 0.352 e. The van der Waals surface area contributed by atoms with E-state index in [4.69, 9.17) is 0 Å². The first kappa shape index (κ1) is 14.5. The quantitative estimate of drug-likeness (QED) is 0.866. The molecule has 3 unspecified atom stereocenters. The van der Waals surface area contributed by atoms with Gasteiger partial charge in [0.25, 0.3) is 0 Å². The number of amides is 1. The van der Waals surface area contributed by atoms with E-state index in [9.17, 15) is 4.79 Å². The third-order valence-corrected chi connectivity index (χ3v) is 4.93. The Hall–Kier alpha value is -1.39. The Morgan fingerprint density at radius 2 is 2.19 bits per heavy atom. The lowest BCUT2D eigenvalue weighted by molar-refractivity contribution is -0.124. The van der Waals surface area contributed by atoms with Crippen LogP contribution in [0.3, 0.4) is 0 Å². The van der Waals surface area contributed by atoms with Crippen molar-refractivity contribution < 1.29 is 4.79 Å². The lowest BCUT2D eigenvalue weighted by Crippen LogP contribution is -2.50. The first-order valence-electron chi connectivity index (χ1n) is 7.97. The van der Waals surface area contributed by atoms with Gasteiger partial charge in [-0.3, -0.25) is 4.79 Å². The van der Waals surface area contributed by atoms with Crippen LogP contribution in [0.2, 0.25) is 0 Å². The Morgan fingerprint density at radius 1 is 1.38 bits per heavy atom. The highest BCUT2D eigenvalue weighted by atomic mass is 16.2. The molecule has 21 heavy (non-hydrogen) atoms. The van der Waals surface area contributed by atoms with Crippen molar-refractivity contribution in [2.75, 3.05) is 20.1 Å². The Morgan fingerprint density at radius 3 is 3.00 bits per heavy atom. The third kappa shape index (κ3) is 3.11. The lowest BCUT2D eigenvalue weighted by atomic mass is 9.93. The van der Waals surface area contributed by atoms with Gasteiger partial charge in [-0.15, -0.1) is 0 Å². The van der Waals surface area contributed by atoms with E-state index in [0.29, 0.717) is 12.1 Å². The molecule has 1 aromatic rings. The molecule has 0 saturated carbocycles. The Bertz CT molecular complexity index is 517. The number of hydrogen-bond donors (Lipinski definition) is 2. The number of nitrogens with zero attached hydrogens (tertiary/aromatic N) is 1. The number of fused-ring (bicyclic) bond motifs is 1. The summed E-state index contributed by atoms with van der Waals surface area (Å²) in [5.41, 5.74) is 2.44. The fraction of sp³-hybridized carbons (Fsp3) is 0.588. The van der Waals surface area contributed by atoms with Crippen LogP contribution >= 0.6 is 0 Å². The highest BCUT2D eigenvalue weighted by Gasteiger charge is 2.29. The molecule has 2 aliphatic heterocycles. The maximum Gasteiger partial charge on any atom is 0.241 e. The van der Waals surface area contributed by atoms with Crippen LogP contribution in [-0.4, -0.2) is 43.0 Å². The van der Waals surface area contributed by atoms with Crippen LogP contribution in [0.5, 0.6) is 0 Å². The third-order valence-electron chi connectivity index (χ3n) is 4.93. The molecule has 3 atom stereocenters. The molecule has 0 spiro atoms. The number of likely N-dealkylation sites (tertiary alicyclic amines) is 1. The number of carbonyl (C=O) groups excluding carboxylic acids is 1. The zero-order chi connectivity index (χ0) is 14.8. The zero-order valence-electron chi connectivity index (χ0n) is 12.9. The van der Waals surface area contributed by atoms with E-state index in [1.54, 1.807) is 0 Å². The summed E-state index contributed by atoms with van der Waals surface area (Å²) >= 11 is 0. The standard InChI is InChI=1S/C17H25N3O/c1-12-11-14(8-10-20(12)2)19-17(21)16-15-6-4-3-5-13(15)7-9-18-16/h3-6,12,14,16,18H,7-11H2,1-2H3,(H,19,21). The summed E-state index contributed by atoms with van der Waals surface area (Å²) in [5.74, 6) is 0.129. The predicted molar refractivity (Wildman–Crippen MR) is 84.1 cm³/mol. The van der Waals surface area contributed by atoms with Crippen molar-refractivity contribution in [3.8, 4) is 0 Å². The van der Waals surface area contributed by atoms with E-state index < -0.39 is 0 Å². The smallest absolute Gasteiger partial charge is 0.241 e. The van der Waals surface area contributed by atoms with Gasteiger partial charge in [0.05, 0.1) is 0 Å². The first-order chi connectivity index (χ1) is 10.1. The van der Waals surface area contributed by atoms with Crippen LogP contribution in [0.15, 0.2) is 24.3 Å². The van der Waals surface area contributed by atoms with E-state index in [-0.39, 0.29) is 11.9 Å². The first-order valence-corrected chi connectivity index (χ1v) is 7.97. The number of nitrogens with one attached hydrogen (secondary N) is 2. The highest BCUT2D eigenvalue weighted by Crippen LogP contribution is 2.23. The van der Waals surface area contributed by atoms with Crippen molar-refractivity contribution in [1.82, 2.24) is 15.5 Å². The van der Waals surface area contributed by atoms with E-state index in [1.165, 1.54) is 5.56 Å². The molecule has 3 rings (SSSR count). The number of benzene rings is 1. The van der Waals surface area contributed by atoms with Gasteiger partial charge < -0.3 is 15.5 Å². The van der Waals surface area contributed by atoms with Crippen molar-refractivity contribution in [1.29, 1.82) is 0 Å². The average molecular weight is 287 g/mol. The topological polar surface area (TPSA) is 44.4 Å². The second-order valence-corrected chi connectivity index (χ2v) is 6.40. The van der Waals surface area contributed by atoms with Crippen LogP contribution in [-0.2, 0) is 11.2 Å². The molecule has 0 aromatic heterocycles. The van der Waals surface area contributed by atoms with Crippen molar-refractivity contribution >= 4 is 5.91 Å². The molecule has 0 aliphatic carbocycles. The Labute approximate surface area is 126 Å². The van der Waals surface area contributed by atoms with Crippen LogP contribution in [0.1, 0.15) is 36.9 Å². The minimum atomic E-state index is -0.190. The Kier molecular flexibility index (Phi) is 4.27. The van der Waals surface area contributed by atoms with E-state index in [2.05, 4.69) is 47.7 Å². The normalized spacial score (nSPS) is 29.7. The summed E-state index contributed by atoms with van der Waals surface area (Å²) in [4.78, 5) is 15.0. The van der Waals surface area contributed by atoms with Crippen molar-refractivity contribution in [2.24, 2.45) is 0 Å². The monoisotopic (exact) mass is 287 g/mol. The molecule has 2 N–H and O–H groups in total. The molecule has 2 aliphatic rings. The average Bonchev–Trinajstić information content (AvgIpc) is 2.50. The molecule has 114 valence electrons. The van der Waals surface area contributed by atoms with Gasteiger partial charge >= 0.3 is 0 Å². The molecule has 2 heterocycles. The van der Waals surface area contributed by atoms with Gasteiger partial charge in [0.15, 0.2) is 0 Å². The second kappa shape index (κ2) is 6.16. The summed E-state index contributed by atoms with van der Waals surface area (Å²) in [6, 6.07) is 8.93. The van der Waals surface area contributed by atoms with Gasteiger partial charge in [0.2, 0.25) is 5.91 Å². The van der Waals surface area contributed by atoms with Gasteiger partial charge in [-0.2, -0.15) is 0 Å². The number of piperidine rings is 1. The minimum Gasteiger partial charge on any atom is -0.352 e. The van der Waals surface area contributed by atoms with Gasteiger partial charge in [0.1, 0.15) is 6.04 Å². The second-order valence-electron chi connectivity index (χ2n) is 6.40. The van der Waals surface area contributed by atoms with Gasteiger partial charge in [0, 0.05) is 25.2 Å². The molecule has 1 saturated heterocycles. The maximum absolute atomic E-state index is 12.6. The highest BCUT2D eigenvalue weighted by molar-refractivity contribution is 5.84. The zero-order valence-corrected chi connectivity index (χ0v) is 12.9. The number of carbonyl (C=O) groups is 1. The molecular formula is C17H25N3O. The molecule has 1 aromatic carbocycles. The van der Waals surface area contributed by atoms with Crippen LogP contribution in [0, 0.1) is 0 Å². The fourth-order valence-electron chi connectivity index (χ4n) is 3.44. The van der Waals surface area contributed by atoms with Gasteiger partial charge in [-0.1, -0.05) is 24.3 Å². The maximum atomic E-state index is 12.6. The molecule has 0 radical (unpaired) electrons. The molecule has 4 nitrogen and oxygen atoms in total. The molecule has 1 amide bonds. The van der Waals surface area contributed by atoms with Crippen LogP contribution in [0.25, 0.3) is 0 Å². The SMILES string of the molecule is CC1CC(NC(=O)C2NCCc3ccccc32)CCN1C. The van der Waals surface area contributed by atoms with Crippen molar-refractivity contribution in [3.05, 3.63) is 35.4 Å². The summed E-state index contributed by atoms with van der Waals surface area (Å²) in [7, 11) is 2.15. The van der Waals surface area contributed by atoms with Crippen LogP contribution in [0.4, 0.5) is 0 Å². The van der Waals surface area contributed by atoms with E-state index in [0.717, 1.165) is 37.9 Å². The van der Waals surface area contributed by atoms with Crippen LogP contribution < -0.4 is 10.6 Å². The Balaban J connectivity index is 1.67. The summed E-state index contributed by atoms with van der Waals surface area (Å²) < 4.78 is 0. The molecule has 0 bridgehead atoms. The summed E-state index contributed by atoms with van der Waals surface area (Å²) in [5, 5.41) is 6.61. The van der Waals surface area contributed by atoms with E-state index >= 15 is 0 Å². The van der Waals surface area contributed by atoms with Gasteiger partial charge in [-0.05, 0) is 44.4 Å². The summed E-state index contributed by atoms with van der Waals surface area (Å²) in [6.45, 7) is 4.16. The predicted octanol–water partition coefficient (Wildman–Crippen LogP) is 1.47. The van der Waals surface area contributed by atoms with Gasteiger partial charge in [-0.25, -0.2) is 0 Å². The minimum absolute atomic E-state index is 0.129. The van der Waals surface area contributed by atoms with Crippen molar-refractivity contribution in [3.63, 3.8) is 0 Å². The van der Waals surface area contributed by atoms with Crippen molar-refractivity contribution in [2.45, 2.75) is 44.3 Å².